The Bertz CT molecular complexity index is 856. The van der Waals surface area contributed by atoms with Crippen molar-refractivity contribution >= 4 is 12.3 Å². The van der Waals surface area contributed by atoms with Gasteiger partial charge in [-0.2, -0.15) is 5.01 Å². The first-order valence-corrected chi connectivity index (χ1v) is 10.1. The van der Waals surface area contributed by atoms with E-state index in [0.29, 0.717) is 12.1 Å². The second-order valence-corrected chi connectivity index (χ2v) is 7.67. The average molecular weight is 393 g/mol. The van der Waals surface area contributed by atoms with Gasteiger partial charge in [0.2, 0.25) is 5.69 Å². The van der Waals surface area contributed by atoms with E-state index in [1.165, 1.54) is 26.2 Å². The maximum Gasteiger partial charge on any atom is 0.454 e. The molecule has 2 aliphatic rings. The van der Waals surface area contributed by atoms with Crippen LogP contribution in [0.25, 0.3) is 0 Å². The van der Waals surface area contributed by atoms with Crippen LogP contribution in [-0.2, 0) is 15.4 Å². The molecule has 0 radical (unpaired) electrons. The number of nitrogens with zero attached hydrogens (tertiary/aromatic N) is 4. The van der Waals surface area contributed by atoms with Gasteiger partial charge >= 0.3 is 18.1 Å². The Morgan fingerprint density at radius 2 is 1.97 bits per heavy atom. The average Bonchev–Trinajstić information content (AvgIpc) is 3.11. The minimum Gasteiger partial charge on any atom is -0.245 e. The van der Waals surface area contributed by atoms with Crippen LogP contribution in [0.5, 0.6) is 0 Å². The van der Waals surface area contributed by atoms with Crippen LogP contribution in [0.3, 0.4) is 0 Å². The molecule has 4 rings (SSSR count). The number of hydrogen-bond donors (Lipinski definition) is 1. The standard InChI is InChI=1S/C22H27N5O2/c1-19(29)27(18-28)17-16-26(24-20-10-4-2-5-11-20)22(27,21-12-6-7-13-23-21)25-14-8-3-9-15-25/h3,6-9,12-18,20,24H,2,4-5,10-11H2,1H3/q+2. The van der Waals surface area contributed by atoms with Gasteiger partial charge in [0.25, 0.3) is 0 Å². The quantitative estimate of drug-likeness (QED) is 0.479. The van der Waals surface area contributed by atoms with Crippen LogP contribution in [0.4, 0.5) is 0 Å². The van der Waals surface area contributed by atoms with Gasteiger partial charge in [0.1, 0.15) is 6.20 Å². The molecular formula is C22H27N5O2+2. The summed E-state index contributed by atoms with van der Waals surface area (Å²) in [4.78, 5) is 30.2. The molecule has 0 saturated heterocycles. The number of quaternary nitrogens is 1. The van der Waals surface area contributed by atoms with Crippen molar-refractivity contribution in [2.75, 3.05) is 0 Å². The van der Waals surface area contributed by atoms with E-state index in [0.717, 1.165) is 12.8 Å². The molecule has 1 aliphatic carbocycles. The van der Waals surface area contributed by atoms with Gasteiger partial charge in [0.15, 0.2) is 12.4 Å². The molecule has 2 aromatic rings. The number of nitrogens with one attached hydrogen (secondary N) is 1. The van der Waals surface area contributed by atoms with Crippen LogP contribution in [0.1, 0.15) is 44.7 Å². The van der Waals surface area contributed by atoms with Gasteiger partial charge in [0.05, 0.1) is 13.1 Å². The van der Waals surface area contributed by atoms with Crippen molar-refractivity contribution in [1.29, 1.82) is 0 Å². The Hall–Kier alpha value is -2.90. The fourth-order valence-electron chi connectivity index (χ4n) is 4.56. The summed E-state index contributed by atoms with van der Waals surface area (Å²) in [5.74, 6) is -1.51. The lowest BCUT2D eigenvalue weighted by molar-refractivity contribution is -1.01. The molecular weight excluding hydrogens is 366 g/mol. The summed E-state index contributed by atoms with van der Waals surface area (Å²) < 4.78 is 1.35. The maximum absolute atomic E-state index is 13.0. The van der Waals surface area contributed by atoms with E-state index in [2.05, 4.69) is 10.4 Å². The summed E-state index contributed by atoms with van der Waals surface area (Å²) in [6.45, 7) is 1.45. The molecule has 2 amide bonds. The molecule has 2 unspecified atom stereocenters. The van der Waals surface area contributed by atoms with E-state index in [1.807, 2.05) is 58.4 Å². The maximum atomic E-state index is 13.0. The van der Waals surface area contributed by atoms with Crippen molar-refractivity contribution in [2.45, 2.75) is 50.9 Å². The molecule has 7 heteroatoms. The zero-order chi connectivity index (χ0) is 20.3. The van der Waals surface area contributed by atoms with Crippen LogP contribution in [0, 0.1) is 0 Å². The van der Waals surface area contributed by atoms with Gasteiger partial charge < -0.3 is 0 Å². The van der Waals surface area contributed by atoms with E-state index < -0.39 is 10.3 Å². The fraction of sp³-hybridized carbons (Fsp3) is 0.364. The first-order valence-electron chi connectivity index (χ1n) is 10.1. The summed E-state index contributed by atoms with van der Waals surface area (Å²) in [5.41, 5.74) is 4.21. The van der Waals surface area contributed by atoms with Crippen LogP contribution in [0.15, 0.2) is 67.4 Å². The highest BCUT2D eigenvalue weighted by Crippen LogP contribution is 2.39. The molecule has 2 aromatic heterocycles. The second-order valence-electron chi connectivity index (χ2n) is 7.67. The second kappa shape index (κ2) is 7.85. The molecule has 0 spiro atoms. The molecule has 0 aromatic carbocycles. The lowest BCUT2D eigenvalue weighted by Gasteiger charge is -2.40. The first kappa shape index (κ1) is 19.4. The summed E-state index contributed by atoms with van der Waals surface area (Å²) in [5, 5.41) is 1.90. The van der Waals surface area contributed by atoms with Crippen molar-refractivity contribution in [2.24, 2.45) is 0 Å². The number of rotatable bonds is 5. The number of aromatic nitrogens is 2. The van der Waals surface area contributed by atoms with Crippen molar-refractivity contribution in [3.63, 3.8) is 0 Å². The van der Waals surface area contributed by atoms with Crippen LogP contribution in [0.2, 0.25) is 0 Å². The van der Waals surface area contributed by atoms with Crippen LogP contribution in [-0.4, -0.2) is 32.8 Å². The predicted octanol–water partition coefficient (Wildman–Crippen LogP) is 2.17. The van der Waals surface area contributed by atoms with Gasteiger partial charge in [0, 0.05) is 24.4 Å². The van der Waals surface area contributed by atoms with E-state index in [-0.39, 0.29) is 11.9 Å². The molecule has 3 heterocycles. The van der Waals surface area contributed by atoms with Crippen LogP contribution < -0.4 is 9.99 Å². The molecule has 0 bridgehead atoms. The third kappa shape index (κ3) is 2.97. The minimum absolute atomic E-state index is 0.277. The zero-order valence-electron chi connectivity index (χ0n) is 16.6. The Balaban J connectivity index is 1.94. The van der Waals surface area contributed by atoms with Gasteiger partial charge in [-0.05, 0) is 25.0 Å². The number of carbonyl (C=O) groups excluding carboxylic acids is 2. The van der Waals surface area contributed by atoms with E-state index >= 15 is 0 Å². The smallest absolute Gasteiger partial charge is 0.245 e. The molecule has 7 nitrogen and oxygen atoms in total. The molecule has 2 atom stereocenters. The van der Waals surface area contributed by atoms with Gasteiger partial charge in [-0.25, -0.2) is 20.0 Å². The highest BCUT2D eigenvalue weighted by Gasteiger charge is 2.72. The Morgan fingerprint density at radius 3 is 2.59 bits per heavy atom. The highest BCUT2D eigenvalue weighted by molar-refractivity contribution is 5.75. The number of carbonyl (C=O) groups is 2. The van der Waals surface area contributed by atoms with Crippen molar-refractivity contribution < 1.29 is 18.6 Å². The Morgan fingerprint density at radius 1 is 1.21 bits per heavy atom. The normalized spacial score (nSPS) is 27.1. The Kier molecular flexibility index (Phi) is 5.25. The lowest BCUT2D eigenvalue weighted by Crippen LogP contribution is -2.80. The number of hydrazine groups is 1. The fourth-order valence-corrected chi connectivity index (χ4v) is 4.56. The van der Waals surface area contributed by atoms with E-state index in [4.69, 9.17) is 0 Å². The topological polar surface area (TPSA) is 66.2 Å². The van der Waals surface area contributed by atoms with Crippen molar-refractivity contribution in [3.05, 3.63) is 73.1 Å². The summed E-state index contributed by atoms with van der Waals surface area (Å²) in [6, 6.07) is 11.5. The van der Waals surface area contributed by atoms with Gasteiger partial charge in [-0.1, -0.05) is 35.9 Å². The number of hydrogen-bond acceptors (Lipinski definition) is 5. The molecule has 1 aliphatic heterocycles. The zero-order valence-corrected chi connectivity index (χ0v) is 16.6. The van der Waals surface area contributed by atoms with E-state index in [1.54, 1.807) is 18.6 Å². The molecule has 1 N–H and O–H groups in total. The summed E-state index contributed by atoms with van der Waals surface area (Å²) in [6.07, 6.45) is 15.3. The van der Waals surface area contributed by atoms with Crippen LogP contribution >= 0.6 is 0 Å². The Labute approximate surface area is 170 Å². The van der Waals surface area contributed by atoms with Gasteiger partial charge in [-0.3, -0.25) is 0 Å². The number of pyridine rings is 2. The minimum atomic E-state index is -1.23. The summed E-state index contributed by atoms with van der Waals surface area (Å²) in [7, 11) is 0. The molecule has 29 heavy (non-hydrogen) atoms. The molecule has 1 saturated carbocycles. The highest BCUT2D eigenvalue weighted by atomic mass is 16.2. The SMILES string of the molecule is CC(=O)[N+]1(C=O)C=CN(NC2CCCCC2)C1(c1ccccn1)[n+]1ccccc1. The molecule has 1 fully saturated rings. The number of amides is 2. The summed E-state index contributed by atoms with van der Waals surface area (Å²) >= 11 is 0. The van der Waals surface area contributed by atoms with Crippen molar-refractivity contribution in [3.8, 4) is 0 Å². The third-order valence-electron chi connectivity index (χ3n) is 6.00. The number of imide groups is 1. The largest absolute Gasteiger partial charge is 0.454 e. The monoisotopic (exact) mass is 393 g/mol. The first-order chi connectivity index (χ1) is 14.1. The van der Waals surface area contributed by atoms with Crippen molar-refractivity contribution in [1.82, 2.24) is 15.4 Å². The third-order valence-corrected chi connectivity index (χ3v) is 6.00. The molecule has 150 valence electrons. The predicted molar refractivity (Wildman–Crippen MR) is 106 cm³/mol. The lowest BCUT2D eigenvalue weighted by atomic mass is 9.96. The van der Waals surface area contributed by atoms with Gasteiger partial charge in [-0.15, -0.1) is 4.57 Å². The van der Waals surface area contributed by atoms with E-state index in [9.17, 15) is 9.59 Å².